The molecule has 1 saturated heterocycles. The Morgan fingerprint density at radius 3 is 2.45 bits per heavy atom. The third-order valence-corrected chi connectivity index (χ3v) is 6.19. The summed E-state index contributed by atoms with van der Waals surface area (Å²) < 4.78 is 14.0. The lowest BCUT2D eigenvalue weighted by molar-refractivity contribution is -0.158. The average molecular weight is 444 g/mol. The highest BCUT2D eigenvalue weighted by molar-refractivity contribution is 6.35. The van der Waals surface area contributed by atoms with E-state index in [-0.39, 0.29) is 16.8 Å². The summed E-state index contributed by atoms with van der Waals surface area (Å²) >= 11 is 5.74. The van der Waals surface area contributed by atoms with Crippen LogP contribution in [-0.4, -0.2) is 46.7 Å². The highest BCUT2D eigenvalue weighted by Gasteiger charge is 2.37. The van der Waals surface area contributed by atoms with Crippen molar-refractivity contribution < 1.29 is 18.8 Å². The lowest BCUT2D eigenvalue weighted by Gasteiger charge is -2.37. The Balaban J connectivity index is 1.37. The van der Waals surface area contributed by atoms with Crippen molar-refractivity contribution in [1.82, 2.24) is 9.80 Å². The van der Waals surface area contributed by atoms with E-state index in [4.69, 9.17) is 11.6 Å². The number of piperazine rings is 1. The number of hydrogen-bond donors (Lipinski definition) is 1. The standard InChI is InChI=1S/C23H23ClFN3O3/c24-18-6-3-7-19(20(18)25)26-21(29)16-10-8-15(9-11-16)14-27-12-13-28(23(31)22(27)30)17-4-1-2-5-17/h3,6-11,17H,1-2,4-5,12-14H2,(H,26,29). The zero-order valence-electron chi connectivity index (χ0n) is 16.9. The van der Waals surface area contributed by atoms with E-state index in [1.807, 2.05) is 0 Å². The van der Waals surface area contributed by atoms with Gasteiger partial charge in [0.25, 0.3) is 5.91 Å². The van der Waals surface area contributed by atoms with Gasteiger partial charge in [-0.1, -0.05) is 42.6 Å². The van der Waals surface area contributed by atoms with Gasteiger partial charge in [0.2, 0.25) is 0 Å². The van der Waals surface area contributed by atoms with E-state index in [1.54, 1.807) is 40.1 Å². The van der Waals surface area contributed by atoms with Crippen LogP contribution in [0.25, 0.3) is 0 Å². The first-order valence-electron chi connectivity index (χ1n) is 10.4. The van der Waals surface area contributed by atoms with Crippen LogP contribution >= 0.6 is 11.6 Å². The number of halogens is 2. The molecule has 0 radical (unpaired) electrons. The summed E-state index contributed by atoms with van der Waals surface area (Å²) in [5.41, 5.74) is 1.16. The lowest BCUT2D eigenvalue weighted by atomic mass is 10.1. The lowest BCUT2D eigenvalue weighted by Crippen LogP contribution is -2.56. The molecule has 8 heteroatoms. The highest BCUT2D eigenvalue weighted by Crippen LogP contribution is 2.26. The second-order valence-corrected chi connectivity index (χ2v) is 8.32. The predicted molar refractivity (Wildman–Crippen MR) is 115 cm³/mol. The molecule has 2 aromatic rings. The third kappa shape index (κ3) is 4.56. The first kappa shape index (κ1) is 21.3. The summed E-state index contributed by atoms with van der Waals surface area (Å²) in [6.07, 6.45) is 4.16. The monoisotopic (exact) mass is 443 g/mol. The molecule has 0 spiro atoms. The van der Waals surface area contributed by atoms with E-state index in [1.165, 1.54) is 12.1 Å². The van der Waals surface area contributed by atoms with Crippen LogP contribution in [0.3, 0.4) is 0 Å². The van der Waals surface area contributed by atoms with Crippen molar-refractivity contribution in [2.75, 3.05) is 18.4 Å². The van der Waals surface area contributed by atoms with Crippen molar-refractivity contribution in [2.24, 2.45) is 0 Å². The number of rotatable bonds is 5. The molecule has 0 aromatic heterocycles. The molecular weight excluding hydrogens is 421 g/mol. The Hall–Kier alpha value is -2.93. The fourth-order valence-corrected chi connectivity index (χ4v) is 4.36. The number of hydrogen-bond acceptors (Lipinski definition) is 3. The van der Waals surface area contributed by atoms with E-state index in [0.717, 1.165) is 31.2 Å². The molecule has 3 amide bonds. The van der Waals surface area contributed by atoms with Gasteiger partial charge in [0.05, 0.1) is 10.7 Å². The molecule has 1 aliphatic carbocycles. The maximum atomic E-state index is 14.0. The zero-order valence-corrected chi connectivity index (χ0v) is 17.7. The van der Waals surface area contributed by atoms with Crippen LogP contribution in [0.15, 0.2) is 42.5 Å². The molecule has 0 atom stereocenters. The molecule has 0 unspecified atom stereocenters. The van der Waals surface area contributed by atoms with E-state index in [2.05, 4.69) is 5.32 Å². The first-order chi connectivity index (χ1) is 14.9. The molecule has 0 bridgehead atoms. The van der Waals surface area contributed by atoms with Crippen LogP contribution in [0.2, 0.25) is 5.02 Å². The first-order valence-corrected chi connectivity index (χ1v) is 10.8. The van der Waals surface area contributed by atoms with Crippen molar-refractivity contribution in [2.45, 2.75) is 38.3 Å². The predicted octanol–water partition coefficient (Wildman–Crippen LogP) is 3.84. The maximum absolute atomic E-state index is 14.0. The minimum Gasteiger partial charge on any atom is -0.330 e. The Morgan fingerprint density at radius 1 is 1.03 bits per heavy atom. The molecule has 4 rings (SSSR count). The number of carbonyl (C=O) groups excluding carboxylic acids is 3. The molecule has 1 aliphatic heterocycles. The normalized spacial score (nSPS) is 17.4. The fraction of sp³-hybridized carbons (Fsp3) is 0.348. The quantitative estimate of drug-likeness (QED) is 0.714. The Morgan fingerprint density at radius 2 is 1.74 bits per heavy atom. The van der Waals surface area contributed by atoms with Crippen LogP contribution in [0.4, 0.5) is 10.1 Å². The largest absolute Gasteiger partial charge is 0.330 e. The van der Waals surface area contributed by atoms with E-state index in [9.17, 15) is 18.8 Å². The summed E-state index contributed by atoms with van der Waals surface area (Å²) in [7, 11) is 0. The summed E-state index contributed by atoms with van der Waals surface area (Å²) in [6, 6.07) is 11.2. The van der Waals surface area contributed by atoms with Gasteiger partial charge >= 0.3 is 11.8 Å². The maximum Gasteiger partial charge on any atom is 0.312 e. The number of amides is 3. The average Bonchev–Trinajstić information content (AvgIpc) is 3.30. The molecule has 2 aromatic carbocycles. The second-order valence-electron chi connectivity index (χ2n) is 7.92. The van der Waals surface area contributed by atoms with E-state index >= 15 is 0 Å². The SMILES string of the molecule is O=C(Nc1cccc(Cl)c1F)c1ccc(CN2CCN(C3CCCC3)C(=O)C2=O)cc1. The van der Waals surface area contributed by atoms with Gasteiger partial charge in [-0.3, -0.25) is 14.4 Å². The van der Waals surface area contributed by atoms with Crippen LogP contribution in [0.5, 0.6) is 0 Å². The molecule has 1 N–H and O–H groups in total. The fourth-order valence-electron chi connectivity index (χ4n) is 4.18. The summed E-state index contributed by atoms with van der Waals surface area (Å²) in [5, 5.41) is 2.43. The summed E-state index contributed by atoms with van der Waals surface area (Å²) in [5.74, 6) is -2.05. The Labute approximate surface area is 185 Å². The zero-order chi connectivity index (χ0) is 22.0. The van der Waals surface area contributed by atoms with Crippen molar-refractivity contribution >= 4 is 35.0 Å². The van der Waals surface area contributed by atoms with Crippen molar-refractivity contribution in [3.63, 3.8) is 0 Å². The van der Waals surface area contributed by atoms with Gasteiger partial charge < -0.3 is 15.1 Å². The summed E-state index contributed by atoms with van der Waals surface area (Å²) in [4.78, 5) is 40.8. The number of anilines is 1. The van der Waals surface area contributed by atoms with E-state index < -0.39 is 23.5 Å². The molecule has 1 heterocycles. The Bertz CT molecular complexity index is 1010. The van der Waals surface area contributed by atoms with E-state index in [0.29, 0.717) is 25.2 Å². The van der Waals surface area contributed by atoms with Gasteiger partial charge in [-0.15, -0.1) is 0 Å². The highest BCUT2D eigenvalue weighted by atomic mass is 35.5. The molecule has 2 aliphatic rings. The van der Waals surface area contributed by atoms with Gasteiger partial charge in [-0.25, -0.2) is 4.39 Å². The minimum atomic E-state index is -0.686. The molecular formula is C23H23ClFN3O3. The van der Waals surface area contributed by atoms with Crippen molar-refractivity contribution in [3.05, 3.63) is 64.4 Å². The van der Waals surface area contributed by atoms with Crippen molar-refractivity contribution in [3.8, 4) is 0 Å². The Kier molecular flexibility index (Phi) is 6.23. The number of nitrogens with one attached hydrogen (secondary N) is 1. The van der Waals surface area contributed by atoms with Gasteiger partial charge in [0, 0.05) is 31.2 Å². The minimum absolute atomic E-state index is 0.00539. The molecule has 31 heavy (non-hydrogen) atoms. The number of nitrogens with zero attached hydrogens (tertiary/aromatic N) is 2. The summed E-state index contributed by atoms with van der Waals surface area (Å²) in [6.45, 7) is 1.35. The topological polar surface area (TPSA) is 69.7 Å². The molecule has 6 nitrogen and oxygen atoms in total. The smallest absolute Gasteiger partial charge is 0.312 e. The molecule has 162 valence electrons. The van der Waals surface area contributed by atoms with Gasteiger partial charge in [-0.05, 0) is 42.7 Å². The van der Waals surface area contributed by atoms with Crippen LogP contribution in [0, 0.1) is 5.82 Å². The van der Waals surface area contributed by atoms with Gasteiger partial charge in [0.1, 0.15) is 0 Å². The third-order valence-electron chi connectivity index (χ3n) is 5.90. The number of benzene rings is 2. The van der Waals surface area contributed by atoms with Gasteiger partial charge in [-0.2, -0.15) is 0 Å². The molecule has 1 saturated carbocycles. The van der Waals surface area contributed by atoms with Crippen LogP contribution in [-0.2, 0) is 16.1 Å². The van der Waals surface area contributed by atoms with Gasteiger partial charge in [0.15, 0.2) is 5.82 Å². The number of carbonyl (C=O) groups is 3. The van der Waals surface area contributed by atoms with Crippen LogP contribution in [0.1, 0.15) is 41.6 Å². The second kappa shape index (κ2) is 9.06. The molecule has 2 fully saturated rings. The van der Waals surface area contributed by atoms with Crippen LogP contribution < -0.4 is 5.32 Å². The van der Waals surface area contributed by atoms with Crippen molar-refractivity contribution in [1.29, 1.82) is 0 Å².